The Balaban J connectivity index is 1.97. The molecule has 1 N–H and O–H groups in total. The van der Waals surface area contributed by atoms with Gasteiger partial charge in [-0.15, -0.1) is 0 Å². The minimum absolute atomic E-state index is 0.0868. The lowest BCUT2D eigenvalue weighted by Crippen LogP contribution is -2.49. The van der Waals surface area contributed by atoms with Crippen LogP contribution in [0, 0.1) is 11.8 Å². The number of nitrogens with one attached hydrogen (secondary N) is 1. The maximum absolute atomic E-state index is 11.9. The molecule has 19 heavy (non-hydrogen) atoms. The van der Waals surface area contributed by atoms with E-state index >= 15 is 0 Å². The van der Waals surface area contributed by atoms with Crippen LogP contribution in [-0.4, -0.2) is 48.4 Å². The predicted octanol–water partition coefficient (Wildman–Crippen LogP) is -0.0774. The molecule has 3 atom stereocenters. The summed E-state index contributed by atoms with van der Waals surface area (Å²) in [5.41, 5.74) is 0. The summed E-state index contributed by atoms with van der Waals surface area (Å²) < 4.78 is 4.97. The SMILES string of the molecule is CCCNC(CN1C(=O)C2CC2C1=O)C(=O)OCC. The van der Waals surface area contributed by atoms with Gasteiger partial charge >= 0.3 is 5.97 Å². The standard InChI is InChI=1S/C13H20N2O4/c1-3-5-14-10(13(18)19-4-2)7-15-11(16)8-6-9(8)12(15)17/h8-10,14H,3-7H2,1-2H3. The van der Waals surface area contributed by atoms with Crippen molar-refractivity contribution in [2.24, 2.45) is 11.8 Å². The van der Waals surface area contributed by atoms with Crippen LogP contribution >= 0.6 is 0 Å². The molecule has 1 aliphatic carbocycles. The van der Waals surface area contributed by atoms with E-state index in [1.165, 1.54) is 4.90 Å². The number of rotatable bonds is 7. The van der Waals surface area contributed by atoms with Gasteiger partial charge in [0.05, 0.1) is 25.0 Å². The molecule has 0 aromatic carbocycles. The van der Waals surface area contributed by atoms with Gasteiger partial charge in [0, 0.05) is 0 Å². The Labute approximate surface area is 112 Å². The fourth-order valence-electron chi connectivity index (χ4n) is 2.40. The Kier molecular flexibility index (Phi) is 4.19. The minimum atomic E-state index is -0.620. The zero-order valence-corrected chi connectivity index (χ0v) is 11.3. The molecule has 2 rings (SSSR count). The monoisotopic (exact) mass is 268 g/mol. The maximum Gasteiger partial charge on any atom is 0.324 e. The Morgan fingerprint density at radius 1 is 1.37 bits per heavy atom. The number of imide groups is 1. The third kappa shape index (κ3) is 2.78. The average molecular weight is 268 g/mol. The number of carbonyl (C=O) groups is 3. The third-order valence-electron chi connectivity index (χ3n) is 3.53. The van der Waals surface area contributed by atoms with Crippen LogP contribution in [0.1, 0.15) is 26.7 Å². The molecule has 6 heteroatoms. The largest absolute Gasteiger partial charge is 0.465 e. The van der Waals surface area contributed by atoms with Crippen molar-refractivity contribution in [1.82, 2.24) is 10.2 Å². The molecule has 2 aliphatic rings. The van der Waals surface area contributed by atoms with Crippen molar-refractivity contribution in [3.8, 4) is 0 Å². The minimum Gasteiger partial charge on any atom is -0.465 e. The van der Waals surface area contributed by atoms with Gasteiger partial charge in [-0.3, -0.25) is 19.3 Å². The molecule has 1 saturated carbocycles. The predicted molar refractivity (Wildman–Crippen MR) is 67.0 cm³/mol. The van der Waals surface area contributed by atoms with Crippen LogP contribution in [0.2, 0.25) is 0 Å². The molecule has 2 fully saturated rings. The van der Waals surface area contributed by atoms with Crippen molar-refractivity contribution in [2.75, 3.05) is 19.7 Å². The van der Waals surface area contributed by atoms with Gasteiger partial charge in [-0.1, -0.05) is 6.92 Å². The summed E-state index contributed by atoms with van der Waals surface area (Å²) in [5.74, 6) is -0.926. The summed E-state index contributed by atoms with van der Waals surface area (Å²) in [6.07, 6.45) is 1.55. The first-order valence-electron chi connectivity index (χ1n) is 6.85. The fraction of sp³-hybridized carbons (Fsp3) is 0.769. The lowest BCUT2D eigenvalue weighted by atomic mass is 10.2. The second kappa shape index (κ2) is 5.69. The van der Waals surface area contributed by atoms with Crippen LogP contribution in [0.15, 0.2) is 0 Å². The van der Waals surface area contributed by atoms with Crippen LogP contribution < -0.4 is 5.32 Å². The molecule has 3 unspecified atom stereocenters. The van der Waals surface area contributed by atoms with Crippen LogP contribution in [0.4, 0.5) is 0 Å². The molecular weight excluding hydrogens is 248 g/mol. The number of likely N-dealkylation sites (tertiary alicyclic amines) is 1. The van der Waals surface area contributed by atoms with Gasteiger partial charge < -0.3 is 10.1 Å². The molecule has 0 aromatic rings. The van der Waals surface area contributed by atoms with Crippen molar-refractivity contribution in [1.29, 1.82) is 0 Å². The van der Waals surface area contributed by atoms with Gasteiger partial charge in [0.15, 0.2) is 0 Å². The van der Waals surface area contributed by atoms with Crippen LogP contribution in [0.25, 0.3) is 0 Å². The molecule has 1 aliphatic heterocycles. The van der Waals surface area contributed by atoms with Crippen LogP contribution in [0.3, 0.4) is 0 Å². The molecule has 2 amide bonds. The number of piperidine rings is 1. The normalized spacial score (nSPS) is 26.3. The van der Waals surface area contributed by atoms with Crippen LogP contribution in [-0.2, 0) is 19.1 Å². The summed E-state index contributed by atoms with van der Waals surface area (Å²) in [6.45, 7) is 4.74. The van der Waals surface area contributed by atoms with Gasteiger partial charge in [-0.05, 0) is 26.3 Å². The quantitative estimate of drug-likeness (QED) is 0.516. The number of esters is 1. The van der Waals surface area contributed by atoms with Crippen molar-refractivity contribution in [3.63, 3.8) is 0 Å². The molecule has 1 heterocycles. The average Bonchev–Trinajstić information content (AvgIpc) is 3.13. The third-order valence-corrected chi connectivity index (χ3v) is 3.53. The lowest BCUT2D eigenvalue weighted by Gasteiger charge is -2.23. The van der Waals surface area contributed by atoms with E-state index in [4.69, 9.17) is 4.74 Å². The molecule has 0 spiro atoms. The van der Waals surface area contributed by atoms with E-state index < -0.39 is 12.0 Å². The highest BCUT2D eigenvalue weighted by atomic mass is 16.5. The van der Waals surface area contributed by atoms with Crippen molar-refractivity contribution in [3.05, 3.63) is 0 Å². The van der Waals surface area contributed by atoms with E-state index in [2.05, 4.69) is 5.32 Å². The van der Waals surface area contributed by atoms with E-state index in [0.717, 1.165) is 6.42 Å². The van der Waals surface area contributed by atoms with Gasteiger partial charge in [0.25, 0.3) is 0 Å². The lowest BCUT2D eigenvalue weighted by molar-refractivity contribution is -0.148. The summed E-state index contributed by atoms with van der Waals surface area (Å²) in [6, 6.07) is -0.620. The number of hydrogen-bond acceptors (Lipinski definition) is 5. The Morgan fingerprint density at radius 2 is 2.00 bits per heavy atom. The van der Waals surface area contributed by atoms with Gasteiger partial charge in [0.2, 0.25) is 11.8 Å². The topological polar surface area (TPSA) is 75.7 Å². The van der Waals surface area contributed by atoms with E-state index in [1.54, 1.807) is 6.92 Å². The molecule has 1 saturated heterocycles. The number of hydrogen-bond donors (Lipinski definition) is 1. The first-order valence-corrected chi connectivity index (χ1v) is 6.85. The first kappa shape index (κ1) is 14.0. The second-order valence-electron chi connectivity index (χ2n) is 4.99. The Morgan fingerprint density at radius 3 is 2.53 bits per heavy atom. The summed E-state index contributed by atoms with van der Waals surface area (Å²) in [4.78, 5) is 36.8. The molecule has 0 aromatic heterocycles. The molecule has 6 nitrogen and oxygen atoms in total. The number of carbonyl (C=O) groups excluding carboxylic acids is 3. The fourth-order valence-corrected chi connectivity index (χ4v) is 2.40. The van der Waals surface area contributed by atoms with Crippen LogP contribution in [0.5, 0.6) is 0 Å². The van der Waals surface area contributed by atoms with E-state index in [9.17, 15) is 14.4 Å². The van der Waals surface area contributed by atoms with E-state index in [0.29, 0.717) is 13.0 Å². The summed E-state index contributed by atoms with van der Waals surface area (Å²) >= 11 is 0. The molecule has 106 valence electrons. The van der Waals surface area contributed by atoms with Crippen molar-refractivity contribution in [2.45, 2.75) is 32.7 Å². The number of nitrogens with zero attached hydrogens (tertiary/aromatic N) is 1. The summed E-state index contributed by atoms with van der Waals surface area (Å²) in [5, 5.41) is 3.03. The molecule has 0 radical (unpaired) electrons. The number of fused-ring (bicyclic) bond motifs is 1. The Bertz CT molecular complexity index is 376. The molecular formula is C13H20N2O4. The molecule has 0 bridgehead atoms. The summed E-state index contributed by atoms with van der Waals surface area (Å²) in [7, 11) is 0. The van der Waals surface area contributed by atoms with Gasteiger partial charge in [0.1, 0.15) is 6.04 Å². The zero-order chi connectivity index (χ0) is 14.0. The van der Waals surface area contributed by atoms with E-state index in [1.807, 2.05) is 6.92 Å². The Hall–Kier alpha value is -1.43. The van der Waals surface area contributed by atoms with Gasteiger partial charge in [-0.2, -0.15) is 0 Å². The smallest absolute Gasteiger partial charge is 0.324 e. The van der Waals surface area contributed by atoms with Crippen molar-refractivity contribution >= 4 is 17.8 Å². The number of amides is 2. The highest BCUT2D eigenvalue weighted by Gasteiger charge is 2.59. The number of ether oxygens (including phenoxy) is 1. The van der Waals surface area contributed by atoms with Gasteiger partial charge in [-0.25, -0.2) is 0 Å². The highest BCUT2D eigenvalue weighted by molar-refractivity contribution is 6.09. The van der Waals surface area contributed by atoms with Crippen molar-refractivity contribution < 1.29 is 19.1 Å². The first-order chi connectivity index (χ1) is 9.10. The maximum atomic E-state index is 11.9. The second-order valence-corrected chi connectivity index (χ2v) is 4.99. The highest BCUT2D eigenvalue weighted by Crippen LogP contribution is 2.46. The van der Waals surface area contributed by atoms with E-state index in [-0.39, 0.29) is 36.8 Å². The zero-order valence-electron chi connectivity index (χ0n) is 11.3.